The zero-order valence-electron chi connectivity index (χ0n) is 10.5. The molecule has 1 atom stereocenters. The highest BCUT2D eigenvalue weighted by Gasteiger charge is 2.41. The Morgan fingerprint density at radius 3 is 2.56 bits per heavy atom. The van der Waals surface area contributed by atoms with Crippen LogP contribution in [0.2, 0.25) is 0 Å². The van der Waals surface area contributed by atoms with Crippen molar-refractivity contribution in [2.75, 3.05) is 13.6 Å². The summed E-state index contributed by atoms with van der Waals surface area (Å²) in [5, 5.41) is 0. The van der Waals surface area contributed by atoms with Gasteiger partial charge in [0.25, 0.3) is 0 Å². The highest BCUT2D eigenvalue weighted by atomic mass is 19.4. The number of rotatable bonds is 5. The third kappa shape index (κ3) is 4.27. The average molecular weight is 261 g/mol. The number of hydrogen-bond acceptors (Lipinski definition) is 3. The number of pyridine rings is 1. The normalized spacial score (nSPS) is 13.9. The predicted molar refractivity (Wildman–Crippen MR) is 64.0 cm³/mol. The topological polar surface area (TPSA) is 42.1 Å². The second kappa shape index (κ2) is 6.15. The van der Waals surface area contributed by atoms with Crippen LogP contribution in [0, 0.1) is 6.92 Å². The lowest BCUT2D eigenvalue weighted by molar-refractivity contribution is -0.183. The van der Waals surface area contributed by atoms with Gasteiger partial charge in [0, 0.05) is 12.2 Å². The van der Waals surface area contributed by atoms with Crippen LogP contribution in [0.25, 0.3) is 0 Å². The fourth-order valence-corrected chi connectivity index (χ4v) is 1.85. The summed E-state index contributed by atoms with van der Waals surface area (Å²) in [4.78, 5) is 5.44. The molecule has 3 nitrogen and oxygen atoms in total. The Kier molecular flexibility index (Phi) is 5.10. The molecule has 6 heteroatoms. The second-order valence-electron chi connectivity index (χ2n) is 4.32. The van der Waals surface area contributed by atoms with Gasteiger partial charge in [-0.05, 0) is 39.1 Å². The van der Waals surface area contributed by atoms with E-state index in [0.717, 1.165) is 5.69 Å². The third-order valence-corrected chi connectivity index (χ3v) is 2.71. The molecule has 0 radical (unpaired) electrons. The first kappa shape index (κ1) is 14.9. The van der Waals surface area contributed by atoms with E-state index in [4.69, 9.17) is 5.73 Å². The van der Waals surface area contributed by atoms with Crippen molar-refractivity contribution < 1.29 is 13.2 Å². The quantitative estimate of drug-likeness (QED) is 0.882. The van der Waals surface area contributed by atoms with Gasteiger partial charge >= 0.3 is 6.18 Å². The van der Waals surface area contributed by atoms with Crippen LogP contribution in [-0.4, -0.2) is 35.7 Å². The van der Waals surface area contributed by atoms with E-state index in [-0.39, 0.29) is 19.5 Å². The fraction of sp³-hybridized carbons (Fsp3) is 0.583. The predicted octanol–water partition coefficient (Wildman–Crippen LogP) is 2.10. The van der Waals surface area contributed by atoms with E-state index in [1.165, 1.54) is 11.9 Å². The van der Waals surface area contributed by atoms with Crippen molar-refractivity contribution in [3.05, 3.63) is 29.6 Å². The number of alkyl halides is 3. The molecule has 0 aliphatic heterocycles. The Hall–Kier alpha value is -1.14. The molecule has 18 heavy (non-hydrogen) atoms. The van der Waals surface area contributed by atoms with E-state index in [0.29, 0.717) is 5.69 Å². The summed E-state index contributed by atoms with van der Waals surface area (Å²) in [5.41, 5.74) is 6.66. The van der Waals surface area contributed by atoms with Gasteiger partial charge in [0.1, 0.15) is 6.04 Å². The van der Waals surface area contributed by atoms with E-state index in [1.807, 2.05) is 13.0 Å². The second-order valence-corrected chi connectivity index (χ2v) is 4.32. The minimum absolute atomic E-state index is 0.00969. The Morgan fingerprint density at radius 1 is 1.39 bits per heavy atom. The van der Waals surface area contributed by atoms with Crippen molar-refractivity contribution in [1.82, 2.24) is 9.88 Å². The molecule has 0 fully saturated rings. The number of halogens is 3. The van der Waals surface area contributed by atoms with Crippen LogP contribution in [-0.2, 0) is 6.54 Å². The van der Waals surface area contributed by atoms with Gasteiger partial charge in [-0.15, -0.1) is 0 Å². The molecule has 0 aliphatic carbocycles. The van der Waals surface area contributed by atoms with Gasteiger partial charge in [0.15, 0.2) is 0 Å². The van der Waals surface area contributed by atoms with Gasteiger partial charge in [0.05, 0.1) is 5.69 Å². The molecule has 0 aliphatic rings. The van der Waals surface area contributed by atoms with Crippen LogP contribution in [0.15, 0.2) is 18.2 Å². The van der Waals surface area contributed by atoms with Gasteiger partial charge in [-0.3, -0.25) is 9.88 Å². The number of aromatic nitrogens is 1. The molecular formula is C12H18F3N3. The summed E-state index contributed by atoms with van der Waals surface area (Å²) < 4.78 is 38.5. The van der Waals surface area contributed by atoms with Crippen molar-refractivity contribution in [2.24, 2.45) is 5.73 Å². The van der Waals surface area contributed by atoms with Crippen LogP contribution in [0.1, 0.15) is 17.8 Å². The van der Waals surface area contributed by atoms with E-state index in [2.05, 4.69) is 4.98 Å². The summed E-state index contributed by atoms with van der Waals surface area (Å²) in [6, 6.07) is 3.80. The maximum absolute atomic E-state index is 12.8. The molecule has 0 bridgehead atoms. The molecule has 1 rings (SSSR count). The minimum atomic E-state index is -4.27. The Balaban J connectivity index is 2.75. The SMILES string of the molecule is Cc1cccc(CN(C)C(CCN)C(F)(F)F)n1. The molecule has 1 aromatic rings. The first-order valence-electron chi connectivity index (χ1n) is 5.74. The van der Waals surface area contributed by atoms with Crippen molar-refractivity contribution in [3.8, 4) is 0 Å². The maximum Gasteiger partial charge on any atom is 0.404 e. The summed E-state index contributed by atoms with van der Waals surface area (Å²) >= 11 is 0. The lowest BCUT2D eigenvalue weighted by atomic mass is 10.1. The molecule has 102 valence electrons. The Labute approximate surface area is 105 Å². The van der Waals surface area contributed by atoms with Crippen LogP contribution >= 0.6 is 0 Å². The van der Waals surface area contributed by atoms with Crippen molar-refractivity contribution >= 4 is 0 Å². The number of hydrogen-bond donors (Lipinski definition) is 1. The van der Waals surface area contributed by atoms with Gasteiger partial charge < -0.3 is 5.73 Å². The van der Waals surface area contributed by atoms with Crippen LogP contribution in [0.5, 0.6) is 0 Å². The molecule has 1 unspecified atom stereocenters. The summed E-state index contributed by atoms with van der Waals surface area (Å²) in [6.45, 7) is 1.98. The van der Waals surface area contributed by atoms with Crippen molar-refractivity contribution in [3.63, 3.8) is 0 Å². The molecule has 0 saturated heterocycles. The summed E-state index contributed by atoms with van der Waals surface area (Å²) in [5.74, 6) is 0. The highest BCUT2D eigenvalue weighted by molar-refractivity contribution is 5.09. The van der Waals surface area contributed by atoms with E-state index in [9.17, 15) is 13.2 Å². The van der Waals surface area contributed by atoms with Crippen molar-refractivity contribution in [1.29, 1.82) is 0 Å². The molecule has 0 aromatic carbocycles. The van der Waals surface area contributed by atoms with Crippen LogP contribution in [0.3, 0.4) is 0 Å². The first-order valence-corrected chi connectivity index (χ1v) is 5.74. The van der Waals surface area contributed by atoms with E-state index >= 15 is 0 Å². The van der Waals surface area contributed by atoms with E-state index < -0.39 is 12.2 Å². The number of nitrogens with zero attached hydrogens (tertiary/aromatic N) is 2. The Morgan fingerprint density at radius 2 is 2.06 bits per heavy atom. The largest absolute Gasteiger partial charge is 0.404 e. The molecule has 0 spiro atoms. The lowest BCUT2D eigenvalue weighted by Crippen LogP contribution is -2.44. The number of aryl methyl sites for hydroxylation is 1. The van der Waals surface area contributed by atoms with E-state index in [1.54, 1.807) is 12.1 Å². The van der Waals surface area contributed by atoms with Crippen LogP contribution in [0.4, 0.5) is 13.2 Å². The zero-order valence-corrected chi connectivity index (χ0v) is 10.5. The highest BCUT2D eigenvalue weighted by Crippen LogP contribution is 2.27. The molecule has 2 N–H and O–H groups in total. The zero-order chi connectivity index (χ0) is 13.8. The standard InChI is InChI=1S/C12H18F3N3/c1-9-4-3-5-10(17-9)8-18(2)11(6-7-16)12(13,14)15/h3-5,11H,6-8,16H2,1-2H3. The monoisotopic (exact) mass is 261 g/mol. The van der Waals surface area contributed by atoms with Gasteiger partial charge in [-0.1, -0.05) is 6.07 Å². The number of nitrogens with two attached hydrogens (primary N) is 1. The lowest BCUT2D eigenvalue weighted by Gasteiger charge is -2.29. The minimum Gasteiger partial charge on any atom is -0.330 e. The van der Waals surface area contributed by atoms with Gasteiger partial charge in [-0.25, -0.2) is 0 Å². The fourth-order valence-electron chi connectivity index (χ4n) is 1.85. The summed E-state index contributed by atoms with van der Waals surface area (Å²) in [6.07, 6.45) is -4.37. The van der Waals surface area contributed by atoms with Gasteiger partial charge in [-0.2, -0.15) is 13.2 Å². The van der Waals surface area contributed by atoms with Crippen molar-refractivity contribution in [2.45, 2.75) is 32.1 Å². The molecule has 0 amide bonds. The first-order chi connectivity index (χ1) is 8.34. The molecular weight excluding hydrogens is 243 g/mol. The van der Waals surface area contributed by atoms with Crippen LogP contribution < -0.4 is 5.73 Å². The Bertz CT molecular complexity index is 379. The average Bonchev–Trinajstić information content (AvgIpc) is 2.24. The smallest absolute Gasteiger partial charge is 0.330 e. The maximum atomic E-state index is 12.8. The van der Waals surface area contributed by atoms with Gasteiger partial charge in [0.2, 0.25) is 0 Å². The molecule has 0 saturated carbocycles. The molecule has 1 aromatic heterocycles. The summed E-state index contributed by atoms with van der Waals surface area (Å²) in [7, 11) is 1.44. The third-order valence-electron chi connectivity index (χ3n) is 2.71. The molecule has 1 heterocycles.